The first-order chi connectivity index (χ1) is 6.79. The molecule has 98 valence electrons. The number of hydrogen-bond donors (Lipinski definition) is 0. The van der Waals surface area contributed by atoms with E-state index in [-0.39, 0.29) is 16.7 Å². The lowest BCUT2D eigenvalue weighted by Gasteiger charge is -2.13. The van der Waals surface area contributed by atoms with E-state index in [0.29, 0.717) is 11.4 Å². The van der Waals surface area contributed by atoms with Crippen molar-refractivity contribution in [3.63, 3.8) is 0 Å². The van der Waals surface area contributed by atoms with E-state index in [1.807, 2.05) is 13.8 Å². The molecule has 4 N–H and O–H groups in total. The third-order valence-corrected chi connectivity index (χ3v) is 2.09. The number of halogens is 3. The first-order valence-corrected chi connectivity index (χ1v) is 4.66. The van der Waals surface area contributed by atoms with E-state index in [1.54, 1.807) is 20.0 Å². The van der Waals surface area contributed by atoms with E-state index in [0.717, 1.165) is 5.56 Å². The molecule has 0 saturated heterocycles. The molecule has 0 aliphatic carbocycles. The van der Waals surface area contributed by atoms with E-state index < -0.39 is 6.36 Å². The first kappa shape index (κ1) is 18.2. The monoisotopic (exact) mass is 252 g/mol. The van der Waals surface area contributed by atoms with Gasteiger partial charge in [-0.1, -0.05) is 26.0 Å². The number of benzene rings is 1. The van der Waals surface area contributed by atoms with Gasteiger partial charge < -0.3 is 15.7 Å². The average molecular weight is 252 g/mol. The highest BCUT2D eigenvalue weighted by molar-refractivity contribution is 6.34. The van der Waals surface area contributed by atoms with Gasteiger partial charge in [-0.15, -0.1) is 13.2 Å². The minimum Gasteiger partial charge on any atom is -0.412 e. The van der Waals surface area contributed by atoms with Crippen LogP contribution in [0.5, 0.6) is 5.75 Å². The molecule has 0 fully saturated rings. The minimum atomic E-state index is -4.62. The molecule has 0 aliphatic rings. The second-order valence-corrected chi connectivity index (χ2v) is 3.73. The molecule has 17 heavy (non-hydrogen) atoms. The predicted molar refractivity (Wildman–Crippen MR) is 62.6 cm³/mol. The van der Waals surface area contributed by atoms with E-state index in [4.69, 9.17) is 0 Å². The Labute approximate surface area is 98.6 Å². The van der Waals surface area contributed by atoms with E-state index in [1.165, 1.54) is 6.07 Å². The zero-order chi connectivity index (χ0) is 11.6. The van der Waals surface area contributed by atoms with E-state index in [9.17, 15) is 13.2 Å². The molecule has 0 aromatic heterocycles. The summed E-state index contributed by atoms with van der Waals surface area (Å²) in [6.07, 6.45) is -4.62. The Balaban J connectivity index is 0. The Morgan fingerprint density at radius 2 is 1.71 bits per heavy atom. The Kier molecular flexibility index (Phi) is 6.96. The fourth-order valence-electron chi connectivity index (χ4n) is 1.27. The fraction of sp³-hybridized carbons (Fsp3) is 0.400. The SMILES string of the molecule is Bc1cc(C(C)C)ccc1OC(F)(F)F.O.O. The number of hydrogen-bond acceptors (Lipinski definition) is 1. The van der Waals surface area contributed by atoms with Crippen LogP contribution in [0, 0.1) is 0 Å². The summed E-state index contributed by atoms with van der Waals surface area (Å²) in [5.41, 5.74) is 1.50. The van der Waals surface area contributed by atoms with Gasteiger partial charge >= 0.3 is 6.36 Å². The molecular formula is C10H16BF3O3. The summed E-state index contributed by atoms with van der Waals surface area (Å²) < 4.78 is 39.7. The normalized spacial score (nSPS) is 10.5. The number of alkyl halides is 3. The van der Waals surface area contributed by atoms with Crippen LogP contribution in [-0.4, -0.2) is 25.2 Å². The predicted octanol–water partition coefficient (Wildman–Crippen LogP) is 0.318. The van der Waals surface area contributed by atoms with Gasteiger partial charge in [0.25, 0.3) is 0 Å². The largest absolute Gasteiger partial charge is 0.573 e. The summed E-state index contributed by atoms with van der Waals surface area (Å²) >= 11 is 0. The number of ether oxygens (including phenoxy) is 1. The highest BCUT2D eigenvalue weighted by Gasteiger charge is 2.31. The maximum absolute atomic E-state index is 12.0. The van der Waals surface area contributed by atoms with Crippen molar-refractivity contribution in [1.29, 1.82) is 0 Å². The van der Waals surface area contributed by atoms with Gasteiger partial charge in [0.15, 0.2) is 0 Å². The van der Waals surface area contributed by atoms with Gasteiger partial charge in [0.2, 0.25) is 0 Å². The lowest BCUT2D eigenvalue weighted by molar-refractivity contribution is -0.274. The smallest absolute Gasteiger partial charge is 0.412 e. The van der Waals surface area contributed by atoms with Gasteiger partial charge in [0, 0.05) is 0 Å². The van der Waals surface area contributed by atoms with Crippen LogP contribution in [0.1, 0.15) is 25.3 Å². The summed E-state index contributed by atoms with van der Waals surface area (Å²) in [5, 5.41) is 0. The third-order valence-electron chi connectivity index (χ3n) is 2.09. The lowest BCUT2D eigenvalue weighted by Crippen LogP contribution is -2.22. The van der Waals surface area contributed by atoms with Crippen LogP contribution in [0.2, 0.25) is 0 Å². The molecule has 1 aromatic rings. The summed E-state index contributed by atoms with van der Waals surface area (Å²) in [6.45, 7) is 3.97. The van der Waals surface area contributed by atoms with E-state index >= 15 is 0 Å². The molecule has 0 bridgehead atoms. The maximum Gasteiger partial charge on any atom is 0.573 e. The molecule has 0 aliphatic heterocycles. The summed E-state index contributed by atoms with van der Waals surface area (Å²) in [5.74, 6) is 0.163. The second-order valence-electron chi connectivity index (χ2n) is 3.73. The molecule has 0 heterocycles. The van der Waals surface area contributed by atoms with Gasteiger partial charge in [-0.2, -0.15) is 0 Å². The Morgan fingerprint density at radius 1 is 1.18 bits per heavy atom. The quantitative estimate of drug-likeness (QED) is 0.698. The molecular weight excluding hydrogens is 236 g/mol. The third kappa shape index (κ3) is 5.60. The highest BCUT2D eigenvalue weighted by atomic mass is 19.4. The van der Waals surface area contributed by atoms with Crippen LogP contribution in [-0.2, 0) is 0 Å². The molecule has 1 aromatic carbocycles. The molecule has 0 spiro atoms. The molecule has 3 nitrogen and oxygen atoms in total. The molecule has 0 unspecified atom stereocenters. The Morgan fingerprint density at radius 3 is 2.06 bits per heavy atom. The van der Waals surface area contributed by atoms with Gasteiger partial charge in [0.1, 0.15) is 13.6 Å². The highest BCUT2D eigenvalue weighted by Crippen LogP contribution is 2.22. The van der Waals surface area contributed by atoms with Gasteiger partial charge in [-0.05, 0) is 23.0 Å². The molecule has 0 amide bonds. The zero-order valence-corrected chi connectivity index (χ0v) is 9.85. The average Bonchev–Trinajstić information content (AvgIpc) is 2.05. The van der Waals surface area contributed by atoms with Gasteiger partial charge in [-0.3, -0.25) is 0 Å². The fourth-order valence-corrected chi connectivity index (χ4v) is 1.27. The summed E-state index contributed by atoms with van der Waals surface area (Å²) in [4.78, 5) is 0. The molecule has 0 saturated carbocycles. The van der Waals surface area contributed by atoms with Crippen LogP contribution >= 0.6 is 0 Å². The topological polar surface area (TPSA) is 72.2 Å². The van der Waals surface area contributed by atoms with Gasteiger partial charge in [-0.25, -0.2) is 0 Å². The van der Waals surface area contributed by atoms with Crippen molar-refractivity contribution in [3.8, 4) is 5.75 Å². The van der Waals surface area contributed by atoms with Crippen molar-refractivity contribution in [2.24, 2.45) is 0 Å². The zero-order valence-electron chi connectivity index (χ0n) is 9.85. The van der Waals surface area contributed by atoms with Crippen LogP contribution in [0.3, 0.4) is 0 Å². The van der Waals surface area contributed by atoms with Crippen molar-refractivity contribution in [2.45, 2.75) is 26.1 Å². The van der Waals surface area contributed by atoms with Crippen molar-refractivity contribution < 1.29 is 28.9 Å². The maximum atomic E-state index is 12.0. The van der Waals surface area contributed by atoms with Crippen molar-refractivity contribution in [3.05, 3.63) is 23.8 Å². The Bertz CT molecular complexity index is 353. The molecule has 0 radical (unpaired) electrons. The van der Waals surface area contributed by atoms with Crippen LogP contribution < -0.4 is 10.2 Å². The summed E-state index contributed by atoms with van der Waals surface area (Å²) in [7, 11) is 1.60. The van der Waals surface area contributed by atoms with Crippen molar-refractivity contribution in [1.82, 2.24) is 0 Å². The van der Waals surface area contributed by atoms with Gasteiger partial charge in [0.05, 0.1) is 0 Å². The van der Waals surface area contributed by atoms with Crippen molar-refractivity contribution in [2.75, 3.05) is 0 Å². The van der Waals surface area contributed by atoms with Crippen LogP contribution in [0.4, 0.5) is 13.2 Å². The lowest BCUT2D eigenvalue weighted by atomic mass is 9.90. The number of rotatable bonds is 2. The van der Waals surface area contributed by atoms with Crippen LogP contribution in [0.25, 0.3) is 0 Å². The molecule has 1 rings (SSSR count). The standard InChI is InChI=1S/C10H12BF3O.2H2O/c1-6(2)7-3-4-9(8(11)5-7)15-10(12,13)14;;/h3-6H,11H2,1-2H3;2*1H2. The minimum absolute atomic E-state index is 0. The molecule has 0 atom stereocenters. The van der Waals surface area contributed by atoms with E-state index in [2.05, 4.69) is 4.74 Å². The second kappa shape index (κ2) is 6.51. The molecule has 7 heteroatoms. The van der Waals surface area contributed by atoms with Crippen molar-refractivity contribution >= 4 is 13.3 Å². The summed E-state index contributed by atoms with van der Waals surface area (Å²) in [6, 6.07) is 4.72. The van der Waals surface area contributed by atoms with Crippen LogP contribution in [0.15, 0.2) is 18.2 Å². The first-order valence-electron chi connectivity index (χ1n) is 4.66. The Hall–Kier alpha value is -1.21.